The highest BCUT2D eigenvalue weighted by molar-refractivity contribution is 6.22. The summed E-state index contributed by atoms with van der Waals surface area (Å²) in [7, 11) is 0. The third-order valence-electron chi connectivity index (χ3n) is 10.8. The number of pyridine rings is 1. The summed E-state index contributed by atoms with van der Waals surface area (Å²) in [5, 5.41) is 13.4. The van der Waals surface area contributed by atoms with Gasteiger partial charge in [0.05, 0.1) is 24.0 Å². The molecule has 2 unspecified atom stereocenters. The first-order valence-corrected chi connectivity index (χ1v) is 20.5. The molecule has 0 saturated heterocycles. The van der Waals surface area contributed by atoms with E-state index in [2.05, 4.69) is 20.3 Å². The first kappa shape index (κ1) is 48.4. The number of H-pyrrole nitrogens is 1. The number of amides is 4. The van der Waals surface area contributed by atoms with Crippen LogP contribution in [0.2, 0.25) is 0 Å². The summed E-state index contributed by atoms with van der Waals surface area (Å²) in [5.74, 6) is -12.4. The van der Waals surface area contributed by atoms with Crippen LogP contribution in [-0.2, 0) is 27.2 Å². The zero-order valence-electron chi connectivity index (χ0n) is 35.2. The zero-order valence-corrected chi connectivity index (χ0v) is 35.2. The number of aromatic amines is 1. The van der Waals surface area contributed by atoms with Crippen LogP contribution in [0.4, 0.5) is 13.6 Å². The van der Waals surface area contributed by atoms with Gasteiger partial charge in [0.1, 0.15) is 23.4 Å². The Bertz CT molecular complexity index is 2000. The number of hydrogen-bond acceptors (Lipinski definition) is 13. The van der Waals surface area contributed by atoms with E-state index in [1.54, 1.807) is 44.2 Å². The average Bonchev–Trinajstić information content (AvgIpc) is 3.74. The molecule has 18 heteroatoms. The summed E-state index contributed by atoms with van der Waals surface area (Å²) < 4.78 is 37.8. The summed E-state index contributed by atoms with van der Waals surface area (Å²) >= 11 is 0. The number of halogens is 2. The number of carbonyl (C=O) groups is 6. The van der Waals surface area contributed by atoms with E-state index >= 15 is 8.78 Å². The highest BCUT2D eigenvalue weighted by Crippen LogP contribution is 2.34. The van der Waals surface area contributed by atoms with Gasteiger partial charge < -0.3 is 37.3 Å². The fraction of sp³-hybridized carbons (Fsp3) is 0.535. The number of nitrogens with one attached hydrogen (secondary N) is 2. The van der Waals surface area contributed by atoms with Crippen molar-refractivity contribution < 1.29 is 47.4 Å². The van der Waals surface area contributed by atoms with Gasteiger partial charge in [-0.3, -0.25) is 29.0 Å². The van der Waals surface area contributed by atoms with E-state index in [-0.39, 0.29) is 35.8 Å². The molecule has 61 heavy (non-hydrogen) atoms. The van der Waals surface area contributed by atoms with E-state index in [1.807, 2.05) is 0 Å². The van der Waals surface area contributed by atoms with Gasteiger partial charge in [-0.15, -0.1) is 0 Å². The number of ether oxygens (including phenoxy) is 1. The number of benzene rings is 1. The van der Waals surface area contributed by atoms with Crippen molar-refractivity contribution in [2.24, 2.45) is 29.0 Å². The number of alkyl halides is 2. The number of hydrogen-bond donors (Lipinski definition) is 6. The molecular formula is C43H58F2N8O8. The molecule has 2 aromatic heterocycles. The molecule has 0 radical (unpaired) electrons. The van der Waals surface area contributed by atoms with Crippen LogP contribution in [0.15, 0.2) is 55.1 Å². The topological polar surface area (TPSA) is 267 Å². The molecule has 4 rings (SSSR count). The average molecular weight is 853 g/mol. The van der Waals surface area contributed by atoms with Crippen LogP contribution in [0.3, 0.4) is 0 Å². The molecule has 2 heterocycles. The predicted octanol–water partition coefficient (Wildman–Crippen LogP) is 4.04. The SMILES string of the molecule is CC[C@H](C)[C@H](N)C(=O)c1c(C(=O)C(F)(F)C(O)C(N)CC2CCCCC2)ccnc1C(=O)N(C(=O)OC(C)(C)C)C(=O)[C@H](Cc1cnc[nH]1)NC(=O)[C@@H](N)Cc1ccccc1. The maximum atomic E-state index is 16.2. The number of rotatable bonds is 18. The molecule has 6 atom stereocenters. The minimum Gasteiger partial charge on any atom is -0.443 e. The lowest BCUT2D eigenvalue weighted by Gasteiger charge is -2.31. The molecule has 332 valence electrons. The van der Waals surface area contributed by atoms with Gasteiger partial charge >= 0.3 is 12.0 Å². The van der Waals surface area contributed by atoms with Gasteiger partial charge in [0.2, 0.25) is 11.7 Å². The Kier molecular flexibility index (Phi) is 16.6. The molecule has 3 aromatic rings. The normalized spacial score (nSPS) is 16.6. The molecule has 1 aromatic carbocycles. The number of Topliss-reactive ketones (excluding diaryl/α,β-unsaturated/α-hetero) is 2. The van der Waals surface area contributed by atoms with Crippen molar-refractivity contribution in [2.75, 3.05) is 0 Å². The van der Waals surface area contributed by atoms with E-state index < -0.39 is 99.9 Å². The van der Waals surface area contributed by atoms with Crippen molar-refractivity contribution in [1.82, 2.24) is 25.2 Å². The predicted molar refractivity (Wildman–Crippen MR) is 220 cm³/mol. The van der Waals surface area contributed by atoms with Gasteiger partial charge in [0, 0.05) is 36.1 Å². The van der Waals surface area contributed by atoms with Crippen molar-refractivity contribution in [3.8, 4) is 0 Å². The molecule has 0 bridgehead atoms. The van der Waals surface area contributed by atoms with E-state index in [4.69, 9.17) is 21.9 Å². The Balaban J connectivity index is 1.83. The summed E-state index contributed by atoms with van der Waals surface area (Å²) in [6, 6.07) is 3.53. The van der Waals surface area contributed by atoms with E-state index in [0.717, 1.165) is 44.4 Å². The van der Waals surface area contributed by atoms with Crippen LogP contribution in [0, 0.1) is 11.8 Å². The van der Waals surface area contributed by atoms with Crippen LogP contribution >= 0.6 is 0 Å². The first-order valence-electron chi connectivity index (χ1n) is 20.5. The number of imidazole rings is 1. The van der Waals surface area contributed by atoms with Crippen LogP contribution < -0.4 is 22.5 Å². The molecule has 1 saturated carbocycles. The number of aliphatic hydroxyl groups is 1. The Labute approximate surface area is 353 Å². The van der Waals surface area contributed by atoms with E-state index in [0.29, 0.717) is 12.0 Å². The molecule has 0 aliphatic heterocycles. The second kappa shape index (κ2) is 21.0. The summed E-state index contributed by atoms with van der Waals surface area (Å²) in [5.41, 5.74) is 15.1. The van der Waals surface area contributed by atoms with E-state index in [9.17, 15) is 33.9 Å². The third-order valence-corrected chi connectivity index (χ3v) is 10.8. The van der Waals surface area contributed by atoms with Crippen LogP contribution in [0.1, 0.15) is 122 Å². The summed E-state index contributed by atoms with van der Waals surface area (Å²) in [6.45, 7) is 7.59. The van der Waals surface area contributed by atoms with Crippen LogP contribution in [0.5, 0.6) is 0 Å². The summed E-state index contributed by atoms with van der Waals surface area (Å²) in [4.78, 5) is 95.9. The van der Waals surface area contributed by atoms with Gasteiger partial charge in [0.15, 0.2) is 5.78 Å². The van der Waals surface area contributed by atoms with Gasteiger partial charge in [-0.1, -0.05) is 82.7 Å². The number of ketones is 2. The minimum absolute atomic E-state index is 0.00909. The van der Waals surface area contributed by atoms with Gasteiger partial charge in [-0.25, -0.2) is 9.78 Å². The minimum atomic E-state index is -4.59. The fourth-order valence-corrected chi connectivity index (χ4v) is 7.16. The Morgan fingerprint density at radius 3 is 2.25 bits per heavy atom. The largest absolute Gasteiger partial charge is 0.443 e. The molecule has 9 N–H and O–H groups in total. The van der Waals surface area contributed by atoms with E-state index in [1.165, 1.54) is 33.3 Å². The van der Waals surface area contributed by atoms with Gasteiger partial charge in [-0.05, 0) is 57.1 Å². The molecule has 1 aliphatic carbocycles. The van der Waals surface area contributed by atoms with Crippen LogP contribution in [0.25, 0.3) is 0 Å². The maximum Gasteiger partial charge on any atom is 0.424 e. The first-order chi connectivity index (χ1) is 28.7. The smallest absolute Gasteiger partial charge is 0.424 e. The lowest BCUT2D eigenvalue weighted by atomic mass is 9.82. The molecule has 16 nitrogen and oxygen atoms in total. The number of aromatic nitrogens is 3. The molecule has 4 amide bonds. The molecular weight excluding hydrogens is 795 g/mol. The number of nitrogens with zero attached hydrogens (tertiary/aromatic N) is 3. The zero-order chi connectivity index (χ0) is 45.2. The quantitative estimate of drug-likeness (QED) is 0.0989. The number of nitrogens with two attached hydrogens (primary N) is 3. The molecule has 1 fully saturated rings. The van der Waals surface area contributed by atoms with Crippen molar-refractivity contribution in [3.05, 3.63) is 83.2 Å². The monoisotopic (exact) mass is 852 g/mol. The lowest BCUT2D eigenvalue weighted by molar-refractivity contribution is -0.134. The molecule has 0 spiro atoms. The maximum absolute atomic E-state index is 16.2. The standard InChI is InChI=1S/C43H58F2N8O8/c1-6-24(2)33(48)35(54)32-28(36(55)43(44,45)37(56)29(46)19-25-13-9-7-10-14-25)17-18-50-34(32)40(59)53(41(60)61-42(3,4)5)39(58)31(21-27-22-49-23-51-27)52-38(57)30(47)20-26-15-11-8-12-16-26/h8,11-12,15-18,22-25,29-31,33,37,56H,6-7,9-10,13-14,19-21,46-48H2,1-5H3,(H,49,51)(H,52,57)/t24-,29?,30-,31-,33-,37?/m0/s1. The van der Waals surface area contributed by atoms with Gasteiger partial charge in [0.25, 0.3) is 11.8 Å². The van der Waals surface area contributed by atoms with Crippen molar-refractivity contribution in [3.63, 3.8) is 0 Å². The Hall–Kier alpha value is -5.30. The highest BCUT2D eigenvalue weighted by atomic mass is 19.3. The Morgan fingerprint density at radius 1 is 1.00 bits per heavy atom. The number of carbonyl (C=O) groups excluding carboxylic acids is 6. The third kappa shape index (κ3) is 12.4. The molecule has 1 aliphatic rings. The van der Waals surface area contributed by atoms with Crippen molar-refractivity contribution >= 4 is 35.4 Å². The second-order valence-electron chi connectivity index (χ2n) is 16.8. The lowest BCUT2D eigenvalue weighted by Crippen LogP contribution is -2.57. The van der Waals surface area contributed by atoms with Gasteiger partial charge in [-0.2, -0.15) is 13.7 Å². The van der Waals surface area contributed by atoms with Crippen molar-refractivity contribution in [1.29, 1.82) is 0 Å². The van der Waals surface area contributed by atoms with Crippen molar-refractivity contribution in [2.45, 2.75) is 134 Å². The highest BCUT2D eigenvalue weighted by Gasteiger charge is 2.52. The summed E-state index contributed by atoms with van der Waals surface area (Å²) in [6.07, 6.45) is 3.26. The number of imide groups is 3. The fourth-order valence-electron chi connectivity index (χ4n) is 7.16. The number of aliphatic hydroxyl groups excluding tert-OH is 1. The second-order valence-corrected chi connectivity index (χ2v) is 16.8. The Morgan fingerprint density at radius 2 is 1.66 bits per heavy atom. The van der Waals surface area contributed by atoms with Crippen LogP contribution in [-0.4, -0.2) is 102 Å².